The van der Waals surface area contributed by atoms with E-state index in [-0.39, 0.29) is 6.61 Å². The summed E-state index contributed by atoms with van der Waals surface area (Å²) in [5.74, 6) is 0.984. The van der Waals surface area contributed by atoms with Gasteiger partial charge in [-0.1, -0.05) is 11.6 Å². The van der Waals surface area contributed by atoms with E-state index >= 15 is 0 Å². The molecule has 1 N–H and O–H groups in total. The van der Waals surface area contributed by atoms with Gasteiger partial charge < -0.3 is 24.1 Å². The van der Waals surface area contributed by atoms with Gasteiger partial charge in [0.15, 0.2) is 11.5 Å². The Bertz CT molecular complexity index is 358. The first-order chi connectivity index (χ1) is 9.22. The Morgan fingerprint density at radius 2 is 1.84 bits per heavy atom. The molecule has 0 saturated carbocycles. The lowest BCUT2D eigenvalue weighted by molar-refractivity contribution is 0.0536. The van der Waals surface area contributed by atoms with E-state index < -0.39 is 0 Å². The maximum atomic E-state index is 9.29. The summed E-state index contributed by atoms with van der Waals surface area (Å²) < 4.78 is 20.9. The van der Waals surface area contributed by atoms with E-state index in [4.69, 9.17) is 30.5 Å². The average Bonchev–Trinajstić information content (AvgIpc) is 2.43. The number of hydrogen-bond acceptors (Lipinski definition) is 5. The highest BCUT2D eigenvalue weighted by Gasteiger charge is 2.12. The molecule has 0 aliphatic rings. The first-order valence-corrected chi connectivity index (χ1v) is 6.27. The zero-order valence-corrected chi connectivity index (χ0v) is 11.9. The van der Waals surface area contributed by atoms with Gasteiger partial charge in [0, 0.05) is 23.8 Å². The predicted octanol–water partition coefficient (Wildman–Crippen LogP) is 1.88. The Balaban J connectivity index is 2.56. The summed E-state index contributed by atoms with van der Waals surface area (Å²) in [5, 5.41) is 9.78. The van der Waals surface area contributed by atoms with Gasteiger partial charge in [-0.25, -0.2) is 0 Å². The summed E-state index contributed by atoms with van der Waals surface area (Å²) >= 11 is 5.91. The number of aliphatic hydroxyl groups is 1. The Morgan fingerprint density at radius 1 is 1.11 bits per heavy atom. The van der Waals surface area contributed by atoms with Crippen LogP contribution in [0.3, 0.4) is 0 Å². The summed E-state index contributed by atoms with van der Waals surface area (Å²) in [5.41, 5.74) is 0.584. The van der Waals surface area contributed by atoms with Gasteiger partial charge in [0.25, 0.3) is 0 Å². The van der Waals surface area contributed by atoms with E-state index in [9.17, 15) is 5.11 Å². The van der Waals surface area contributed by atoms with Crippen molar-refractivity contribution in [2.75, 3.05) is 40.6 Å². The molecule has 5 nitrogen and oxygen atoms in total. The molecule has 19 heavy (non-hydrogen) atoms. The molecule has 0 heterocycles. The van der Waals surface area contributed by atoms with E-state index in [1.165, 1.54) is 7.11 Å². The third-order valence-corrected chi connectivity index (χ3v) is 2.61. The van der Waals surface area contributed by atoms with Crippen LogP contribution in [0, 0.1) is 0 Å². The summed E-state index contributed by atoms with van der Waals surface area (Å²) in [6.45, 7) is 1.68. The largest absolute Gasteiger partial charge is 0.493 e. The van der Waals surface area contributed by atoms with Crippen molar-refractivity contribution in [3.8, 4) is 11.5 Å². The van der Waals surface area contributed by atoms with Crippen LogP contribution in [0.15, 0.2) is 12.1 Å². The summed E-state index contributed by atoms with van der Waals surface area (Å²) in [6, 6.07) is 3.28. The lowest BCUT2D eigenvalue weighted by atomic mass is 10.2. The predicted molar refractivity (Wildman–Crippen MR) is 72.1 cm³/mol. The molecule has 0 radical (unpaired) electrons. The third-order valence-electron chi connectivity index (χ3n) is 2.39. The molecule has 0 atom stereocenters. The standard InChI is InChI=1S/C13H19ClO5/c1-16-3-4-18-5-6-19-13-10(9-15)7-11(14)8-12(13)17-2/h7-8,15H,3-6,9H2,1-2H3. The van der Waals surface area contributed by atoms with Crippen LogP contribution in [0.25, 0.3) is 0 Å². The van der Waals surface area contributed by atoms with Crippen molar-refractivity contribution in [3.63, 3.8) is 0 Å². The zero-order valence-electron chi connectivity index (χ0n) is 11.1. The first kappa shape index (κ1) is 16.0. The molecule has 1 rings (SSSR count). The second-order valence-electron chi connectivity index (χ2n) is 3.71. The van der Waals surface area contributed by atoms with Crippen LogP contribution in [0.5, 0.6) is 11.5 Å². The van der Waals surface area contributed by atoms with Crippen molar-refractivity contribution in [2.45, 2.75) is 6.61 Å². The molecule has 1 aromatic rings. The van der Waals surface area contributed by atoms with Crippen molar-refractivity contribution in [1.29, 1.82) is 0 Å². The van der Waals surface area contributed by atoms with Crippen LogP contribution >= 0.6 is 11.6 Å². The van der Waals surface area contributed by atoms with Gasteiger partial charge in [0.1, 0.15) is 6.61 Å². The first-order valence-electron chi connectivity index (χ1n) is 5.89. The second-order valence-corrected chi connectivity index (χ2v) is 4.14. The minimum absolute atomic E-state index is 0.170. The molecule has 0 bridgehead atoms. The van der Waals surface area contributed by atoms with Crippen LogP contribution in [0.4, 0.5) is 0 Å². The topological polar surface area (TPSA) is 57.2 Å². The minimum atomic E-state index is -0.170. The lowest BCUT2D eigenvalue weighted by Crippen LogP contribution is -2.11. The van der Waals surface area contributed by atoms with Gasteiger partial charge in [0.05, 0.1) is 33.5 Å². The monoisotopic (exact) mass is 290 g/mol. The summed E-state index contributed by atoms with van der Waals surface area (Å²) in [4.78, 5) is 0. The number of methoxy groups -OCH3 is 2. The average molecular weight is 291 g/mol. The molecule has 0 unspecified atom stereocenters. The molecule has 0 aliphatic heterocycles. The third kappa shape index (κ3) is 5.24. The second kappa shape index (κ2) is 8.98. The molecule has 108 valence electrons. The SMILES string of the molecule is COCCOCCOc1c(CO)cc(Cl)cc1OC. The molecule has 0 aromatic heterocycles. The molecule has 0 amide bonds. The lowest BCUT2D eigenvalue weighted by Gasteiger charge is -2.14. The van der Waals surface area contributed by atoms with Gasteiger partial charge in [-0.15, -0.1) is 0 Å². The molecular formula is C13H19ClO5. The molecular weight excluding hydrogens is 272 g/mol. The molecule has 0 aliphatic carbocycles. The smallest absolute Gasteiger partial charge is 0.166 e. The number of ether oxygens (including phenoxy) is 4. The highest BCUT2D eigenvalue weighted by molar-refractivity contribution is 6.30. The van der Waals surface area contributed by atoms with Crippen molar-refractivity contribution in [1.82, 2.24) is 0 Å². The van der Waals surface area contributed by atoms with Crippen LogP contribution in [-0.4, -0.2) is 45.8 Å². The Labute approximate surface area is 118 Å². The van der Waals surface area contributed by atoms with Gasteiger partial charge in [-0.3, -0.25) is 0 Å². The molecule has 1 aromatic carbocycles. The van der Waals surface area contributed by atoms with E-state index in [0.29, 0.717) is 48.5 Å². The van der Waals surface area contributed by atoms with Crippen LogP contribution in [0.2, 0.25) is 5.02 Å². The molecule has 0 fully saturated rings. The fourth-order valence-corrected chi connectivity index (χ4v) is 1.73. The number of halogens is 1. The number of benzene rings is 1. The maximum Gasteiger partial charge on any atom is 0.166 e. The highest BCUT2D eigenvalue weighted by atomic mass is 35.5. The Hall–Kier alpha value is -1.01. The normalized spacial score (nSPS) is 10.5. The van der Waals surface area contributed by atoms with Crippen LogP contribution in [-0.2, 0) is 16.1 Å². The van der Waals surface area contributed by atoms with Crippen molar-refractivity contribution in [3.05, 3.63) is 22.7 Å². The maximum absolute atomic E-state index is 9.29. The molecule has 0 saturated heterocycles. The van der Waals surface area contributed by atoms with Gasteiger partial charge in [0.2, 0.25) is 0 Å². The van der Waals surface area contributed by atoms with Crippen molar-refractivity contribution < 1.29 is 24.1 Å². The number of aliphatic hydroxyl groups excluding tert-OH is 1. The van der Waals surface area contributed by atoms with Gasteiger partial charge >= 0.3 is 0 Å². The summed E-state index contributed by atoms with van der Waals surface area (Å²) in [6.07, 6.45) is 0. The van der Waals surface area contributed by atoms with E-state index in [2.05, 4.69) is 0 Å². The minimum Gasteiger partial charge on any atom is -0.493 e. The van der Waals surface area contributed by atoms with Crippen molar-refractivity contribution in [2.24, 2.45) is 0 Å². The fraction of sp³-hybridized carbons (Fsp3) is 0.538. The Kier molecular flexibility index (Phi) is 7.59. The van der Waals surface area contributed by atoms with E-state index in [1.54, 1.807) is 19.2 Å². The van der Waals surface area contributed by atoms with Gasteiger partial charge in [-0.05, 0) is 6.07 Å². The van der Waals surface area contributed by atoms with Gasteiger partial charge in [-0.2, -0.15) is 0 Å². The summed E-state index contributed by atoms with van der Waals surface area (Å²) in [7, 11) is 3.14. The Morgan fingerprint density at radius 3 is 2.47 bits per heavy atom. The quantitative estimate of drug-likeness (QED) is 0.704. The number of rotatable bonds is 9. The zero-order chi connectivity index (χ0) is 14.1. The van der Waals surface area contributed by atoms with E-state index in [1.807, 2.05) is 0 Å². The van der Waals surface area contributed by atoms with E-state index in [0.717, 1.165) is 0 Å². The molecule has 0 spiro atoms. The highest BCUT2D eigenvalue weighted by Crippen LogP contribution is 2.34. The molecule has 6 heteroatoms. The number of hydrogen-bond donors (Lipinski definition) is 1. The fourth-order valence-electron chi connectivity index (χ4n) is 1.50. The van der Waals surface area contributed by atoms with Crippen LogP contribution < -0.4 is 9.47 Å². The van der Waals surface area contributed by atoms with Crippen molar-refractivity contribution >= 4 is 11.6 Å². The van der Waals surface area contributed by atoms with Crippen LogP contribution in [0.1, 0.15) is 5.56 Å².